The topological polar surface area (TPSA) is 174 Å². The molecule has 0 fully saturated rings. The molecule has 0 amide bonds. The highest BCUT2D eigenvalue weighted by atomic mass is 16.4. The summed E-state index contributed by atoms with van der Waals surface area (Å²) in [6, 6.07) is 11.2. The number of aromatic carboxylic acids is 4. The van der Waals surface area contributed by atoms with E-state index in [-0.39, 0.29) is 0 Å². The molecular formula is C19H16N2O8. The van der Waals surface area contributed by atoms with Crippen molar-refractivity contribution in [3.8, 4) is 0 Å². The van der Waals surface area contributed by atoms with E-state index in [0.29, 0.717) is 12.1 Å². The molecule has 150 valence electrons. The molecule has 1 aliphatic heterocycles. The molecule has 3 rings (SSSR count). The van der Waals surface area contributed by atoms with Crippen LogP contribution >= 0.6 is 0 Å². The quantitative estimate of drug-likeness (QED) is 0.498. The van der Waals surface area contributed by atoms with E-state index in [0.717, 1.165) is 18.9 Å². The van der Waals surface area contributed by atoms with Crippen LogP contribution in [0.3, 0.4) is 0 Å². The zero-order valence-electron chi connectivity index (χ0n) is 14.8. The van der Waals surface area contributed by atoms with Gasteiger partial charge in [-0.25, -0.2) is 19.2 Å². The molecule has 5 N–H and O–H groups in total. The van der Waals surface area contributed by atoms with Crippen LogP contribution in [-0.2, 0) is 0 Å². The molecule has 0 saturated carbocycles. The molecule has 0 aromatic heterocycles. The van der Waals surface area contributed by atoms with E-state index in [4.69, 9.17) is 20.4 Å². The predicted octanol–water partition coefficient (Wildman–Crippen LogP) is 1.52. The summed E-state index contributed by atoms with van der Waals surface area (Å²) in [5.74, 6) is -5.61. The van der Waals surface area contributed by atoms with Gasteiger partial charge in [-0.15, -0.1) is 0 Å². The Bertz CT molecular complexity index is 901. The maximum atomic E-state index is 10.8. The van der Waals surface area contributed by atoms with E-state index in [2.05, 4.69) is 22.4 Å². The van der Waals surface area contributed by atoms with Crippen LogP contribution in [0.1, 0.15) is 47.0 Å². The molecule has 1 aliphatic rings. The maximum absolute atomic E-state index is 10.8. The van der Waals surface area contributed by atoms with Crippen molar-refractivity contribution in [2.75, 3.05) is 13.1 Å². The minimum Gasteiger partial charge on any atom is -0.478 e. The normalized spacial score (nSPS) is 12.1. The number of carboxylic acid groups (broad SMARTS) is 4. The van der Waals surface area contributed by atoms with E-state index in [1.807, 2.05) is 18.2 Å². The molecule has 0 atom stereocenters. The molecule has 0 radical (unpaired) electrons. The Morgan fingerprint density at radius 2 is 1.14 bits per heavy atom. The number of hydrogen-bond donors (Lipinski definition) is 5. The van der Waals surface area contributed by atoms with Crippen molar-refractivity contribution in [1.29, 1.82) is 0 Å². The molecule has 1 heterocycles. The Balaban J connectivity index is 0.000000230. The summed E-state index contributed by atoms with van der Waals surface area (Å²) in [4.78, 5) is 47.4. The molecule has 10 nitrogen and oxygen atoms in total. The molecule has 0 spiro atoms. The first-order chi connectivity index (χ1) is 13.7. The van der Waals surface area contributed by atoms with Gasteiger partial charge in [0, 0.05) is 12.1 Å². The van der Waals surface area contributed by atoms with Crippen LogP contribution in [0.4, 0.5) is 0 Å². The molecule has 0 unspecified atom stereocenters. The zero-order valence-corrected chi connectivity index (χ0v) is 14.8. The molecule has 10 heteroatoms. The second kappa shape index (κ2) is 9.13. The summed E-state index contributed by atoms with van der Waals surface area (Å²) in [6.45, 7) is 1.88. The van der Waals surface area contributed by atoms with Gasteiger partial charge in [0.1, 0.15) is 5.84 Å². The monoisotopic (exact) mass is 400 g/mol. The molecule has 0 aliphatic carbocycles. The standard InChI is InChI=1S/C10H6O8.C9H10N2/c11-7(12)3-1-4(8(13)14)6(10(17)18)2-5(3)9(15)16;1-2-4-8(5-3-1)9-10-6-7-11-9/h1-2H,(H,11,12)(H,13,14)(H,15,16)(H,17,18);1-5H,6-7H2,(H,10,11). The largest absolute Gasteiger partial charge is 0.478 e. The number of hydrogen-bond acceptors (Lipinski definition) is 6. The SMILES string of the molecule is O=C(O)c1cc(C(=O)O)c(C(=O)O)cc1C(=O)O.c1ccc(C2=NCCN2)cc1. The van der Waals surface area contributed by atoms with Crippen LogP contribution in [0.5, 0.6) is 0 Å². The first-order valence-corrected chi connectivity index (χ1v) is 8.17. The highest BCUT2D eigenvalue weighted by molar-refractivity contribution is 6.09. The summed E-state index contributed by atoms with van der Waals surface area (Å²) in [5, 5.41) is 38.2. The Kier molecular flexibility index (Phi) is 6.64. The fraction of sp³-hybridized carbons (Fsp3) is 0.105. The predicted molar refractivity (Wildman–Crippen MR) is 100 cm³/mol. The fourth-order valence-corrected chi connectivity index (χ4v) is 2.49. The van der Waals surface area contributed by atoms with Gasteiger partial charge in [-0.05, 0) is 12.1 Å². The van der Waals surface area contributed by atoms with E-state index in [9.17, 15) is 19.2 Å². The number of amidine groups is 1. The average Bonchev–Trinajstić information content (AvgIpc) is 3.22. The van der Waals surface area contributed by atoms with Crippen molar-refractivity contribution in [3.63, 3.8) is 0 Å². The molecule has 2 aromatic rings. The number of carboxylic acids is 4. The molecule has 2 aromatic carbocycles. The Morgan fingerprint density at radius 1 is 0.724 bits per heavy atom. The van der Waals surface area contributed by atoms with Crippen molar-refractivity contribution >= 4 is 29.7 Å². The van der Waals surface area contributed by atoms with Gasteiger partial charge in [0.15, 0.2) is 0 Å². The Hall–Kier alpha value is -4.21. The number of nitrogens with zero attached hydrogens (tertiary/aromatic N) is 1. The first-order valence-electron chi connectivity index (χ1n) is 8.17. The number of nitrogens with one attached hydrogen (secondary N) is 1. The summed E-state index contributed by atoms with van der Waals surface area (Å²) < 4.78 is 0. The third-order valence-electron chi connectivity index (χ3n) is 3.80. The van der Waals surface area contributed by atoms with E-state index < -0.39 is 46.1 Å². The lowest BCUT2D eigenvalue weighted by molar-refractivity contribution is 0.0637. The van der Waals surface area contributed by atoms with Crippen LogP contribution < -0.4 is 5.32 Å². The van der Waals surface area contributed by atoms with Crippen molar-refractivity contribution in [3.05, 3.63) is 70.3 Å². The van der Waals surface area contributed by atoms with E-state index >= 15 is 0 Å². The third-order valence-corrected chi connectivity index (χ3v) is 3.80. The summed E-state index contributed by atoms with van der Waals surface area (Å²) in [5.41, 5.74) is -1.96. The van der Waals surface area contributed by atoms with Gasteiger partial charge in [0.05, 0.1) is 28.8 Å². The van der Waals surface area contributed by atoms with Crippen LogP contribution in [0, 0.1) is 0 Å². The highest BCUT2D eigenvalue weighted by Crippen LogP contribution is 2.18. The number of rotatable bonds is 5. The van der Waals surface area contributed by atoms with Gasteiger partial charge in [-0.1, -0.05) is 30.3 Å². The van der Waals surface area contributed by atoms with Crippen molar-refractivity contribution in [2.24, 2.45) is 4.99 Å². The van der Waals surface area contributed by atoms with Gasteiger partial charge in [0.2, 0.25) is 0 Å². The summed E-state index contributed by atoms with van der Waals surface area (Å²) >= 11 is 0. The van der Waals surface area contributed by atoms with Crippen LogP contribution in [-0.4, -0.2) is 63.2 Å². The van der Waals surface area contributed by atoms with E-state index in [1.165, 1.54) is 5.56 Å². The number of aliphatic imine (C=N–C) groups is 1. The van der Waals surface area contributed by atoms with Crippen molar-refractivity contribution in [1.82, 2.24) is 5.32 Å². The van der Waals surface area contributed by atoms with Gasteiger partial charge in [0.25, 0.3) is 0 Å². The third kappa shape index (κ3) is 5.16. The van der Waals surface area contributed by atoms with Gasteiger partial charge in [-0.2, -0.15) is 0 Å². The minimum atomic E-state index is -1.66. The maximum Gasteiger partial charge on any atom is 0.336 e. The molecule has 0 bridgehead atoms. The van der Waals surface area contributed by atoms with Crippen LogP contribution in [0.2, 0.25) is 0 Å². The fourth-order valence-electron chi connectivity index (χ4n) is 2.49. The highest BCUT2D eigenvalue weighted by Gasteiger charge is 2.24. The van der Waals surface area contributed by atoms with Crippen LogP contribution in [0.15, 0.2) is 47.5 Å². The number of carbonyl (C=O) groups is 4. The van der Waals surface area contributed by atoms with Crippen molar-refractivity contribution in [2.45, 2.75) is 0 Å². The Labute approximate surface area is 163 Å². The molecule has 0 saturated heterocycles. The zero-order chi connectivity index (χ0) is 21.6. The van der Waals surface area contributed by atoms with Gasteiger partial charge >= 0.3 is 23.9 Å². The first kappa shape index (κ1) is 21.1. The van der Waals surface area contributed by atoms with Crippen molar-refractivity contribution < 1.29 is 39.6 Å². The molecule has 29 heavy (non-hydrogen) atoms. The lowest BCUT2D eigenvalue weighted by atomic mass is 9.98. The smallest absolute Gasteiger partial charge is 0.336 e. The Morgan fingerprint density at radius 3 is 1.45 bits per heavy atom. The second-order valence-electron chi connectivity index (χ2n) is 5.69. The average molecular weight is 400 g/mol. The summed E-state index contributed by atoms with van der Waals surface area (Å²) in [7, 11) is 0. The van der Waals surface area contributed by atoms with Crippen LogP contribution in [0.25, 0.3) is 0 Å². The second-order valence-corrected chi connectivity index (χ2v) is 5.69. The van der Waals surface area contributed by atoms with Gasteiger partial charge < -0.3 is 25.7 Å². The van der Waals surface area contributed by atoms with E-state index in [1.54, 1.807) is 0 Å². The summed E-state index contributed by atoms with van der Waals surface area (Å²) in [6.07, 6.45) is 0. The lowest BCUT2D eigenvalue weighted by Crippen LogP contribution is -2.19. The minimum absolute atomic E-state index is 0.511. The lowest BCUT2D eigenvalue weighted by Gasteiger charge is -2.06. The molecular weight excluding hydrogens is 384 g/mol. The number of benzene rings is 2. The van der Waals surface area contributed by atoms with Gasteiger partial charge in [-0.3, -0.25) is 4.99 Å².